The molecule has 0 amide bonds. The van der Waals surface area contributed by atoms with Crippen LogP contribution in [0.4, 0.5) is 11.4 Å². The van der Waals surface area contributed by atoms with Gasteiger partial charge in [0.1, 0.15) is 0 Å². The molecule has 1 saturated carbocycles. The number of nitrogens with one attached hydrogen (secondary N) is 1. The van der Waals surface area contributed by atoms with Gasteiger partial charge in [-0.25, -0.2) is 0 Å². The number of rotatable bonds is 1. The Morgan fingerprint density at radius 2 is 1.89 bits per heavy atom. The third kappa shape index (κ3) is 1.62. The molecule has 4 rings (SSSR count). The Bertz CT molecular complexity index is 452. The zero-order chi connectivity index (χ0) is 12.0. The fraction of sp³-hybridized carbons (Fsp3) is 0.625. The number of fused-ring (bicyclic) bond motifs is 1. The van der Waals surface area contributed by atoms with Crippen LogP contribution in [0.3, 0.4) is 0 Å². The Kier molecular flexibility index (Phi) is 2.33. The van der Waals surface area contributed by atoms with Gasteiger partial charge in [-0.2, -0.15) is 0 Å². The first-order chi connectivity index (χ1) is 8.85. The van der Waals surface area contributed by atoms with Crippen LogP contribution in [0, 0.1) is 5.41 Å². The molecule has 0 aromatic heterocycles. The minimum Gasteiger partial charge on any atom is -0.384 e. The third-order valence-electron chi connectivity index (χ3n) is 5.13. The van der Waals surface area contributed by atoms with Crippen molar-refractivity contribution in [1.29, 1.82) is 0 Å². The van der Waals surface area contributed by atoms with Crippen molar-refractivity contribution in [2.24, 2.45) is 5.41 Å². The molecule has 2 fully saturated rings. The lowest BCUT2D eigenvalue weighted by Crippen LogP contribution is -2.57. The Morgan fingerprint density at radius 1 is 1.06 bits per heavy atom. The maximum absolute atomic E-state index is 3.44. The molecule has 3 aliphatic rings. The summed E-state index contributed by atoms with van der Waals surface area (Å²) < 4.78 is 0. The summed E-state index contributed by atoms with van der Waals surface area (Å²) in [4.78, 5) is 2.59. The van der Waals surface area contributed by atoms with Crippen molar-refractivity contribution in [3.05, 3.63) is 23.8 Å². The Morgan fingerprint density at radius 3 is 2.72 bits per heavy atom. The van der Waals surface area contributed by atoms with E-state index in [0.717, 1.165) is 6.54 Å². The van der Waals surface area contributed by atoms with Crippen molar-refractivity contribution >= 4 is 11.4 Å². The van der Waals surface area contributed by atoms with Gasteiger partial charge in [-0.15, -0.1) is 0 Å². The van der Waals surface area contributed by atoms with E-state index in [-0.39, 0.29) is 0 Å². The van der Waals surface area contributed by atoms with Gasteiger partial charge in [0, 0.05) is 36.4 Å². The van der Waals surface area contributed by atoms with Gasteiger partial charge < -0.3 is 10.2 Å². The standard InChI is InChI=1S/C16H22N2/c1-2-7-16(8-3-1)11-18(12-16)14-4-5-15-13(10-14)6-9-17-15/h4-5,10,17H,1-3,6-9,11-12H2. The predicted octanol–water partition coefficient (Wildman–Crippen LogP) is 3.43. The summed E-state index contributed by atoms with van der Waals surface area (Å²) in [6, 6.07) is 6.97. The number of hydrogen-bond acceptors (Lipinski definition) is 2. The Hall–Kier alpha value is -1.18. The zero-order valence-electron chi connectivity index (χ0n) is 11.0. The van der Waals surface area contributed by atoms with Crippen molar-refractivity contribution in [2.45, 2.75) is 38.5 Å². The smallest absolute Gasteiger partial charge is 0.0375 e. The first kappa shape index (κ1) is 10.7. The molecule has 1 saturated heterocycles. The molecule has 0 unspecified atom stereocenters. The summed E-state index contributed by atoms with van der Waals surface area (Å²) in [5.74, 6) is 0. The van der Waals surface area contributed by atoms with Crippen LogP contribution in [0.5, 0.6) is 0 Å². The number of nitrogens with zero attached hydrogens (tertiary/aromatic N) is 1. The highest BCUT2D eigenvalue weighted by Gasteiger charge is 2.43. The molecule has 1 spiro atoms. The predicted molar refractivity (Wildman–Crippen MR) is 76.4 cm³/mol. The van der Waals surface area contributed by atoms with Gasteiger partial charge in [0.25, 0.3) is 0 Å². The molecule has 0 radical (unpaired) electrons. The molecule has 0 bridgehead atoms. The third-order valence-corrected chi connectivity index (χ3v) is 5.13. The van der Waals surface area contributed by atoms with E-state index in [1.54, 1.807) is 0 Å². The van der Waals surface area contributed by atoms with Crippen LogP contribution in [0.2, 0.25) is 0 Å². The summed E-state index contributed by atoms with van der Waals surface area (Å²) in [7, 11) is 0. The molecule has 18 heavy (non-hydrogen) atoms. The minimum absolute atomic E-state index is 0.690. The summed E-state index contributed by atoms with van der Waals surface area (Å²) >= 11 is 0. The molecule has 1 aliphatic carbocycles. The van der Waals surface area contributed by atoms with Crippen molar-refractivity contribution in [2.75, 3.05) is 29.9 Å². The molecular formula is C16H22N2. The molecule has 1 N–H and O–H groups in total. The van der Waals surface area contributed by atoms with Crippen LogP contribution in [-0.2, 0) is 6.42 Å². The average molecular weight is 242 g/mol. The highest BCUT2D eigenvalue weighted by molar-refractivity contribution is 5.64. The topological polar surface area (TPSA) is 15.3 Å². The normalized spacial score (nSPS) is 24.6. The van der Waals surface area contributed by atoms with Crippen molar-refractivity contribution in [3.63, 3.8) is 0 Å². The van der Waals surface area contributed by atoms with Gasteiger partial charge in [-0.1, -0.05) is 19.3 Å². The van der Waals surface area contributed by atoms with E-state index in [9.17, 15) is 0 Å². The molecule has 2 heteroatoms. The number of hydrogen-bond donors (Lipinski definition) is 1. The lowest BCUT2D eigenvalue weighted by atomic mass is 9.68. The van der Waals surface area contributed by atoms with Gasteiger partial charge >= 0.3 is 0 Å². The van der Waals surface area contributed by atoms with E-state index in [4.69, 9.17) is 0 Å². The van der Waals surface area contributed by atoms with Crippen LogP contribution < -0.4 is 10.2 Å². The van der Waals surface area contributed by atoms with Crippen LogP contribution in [0.25, 0.3) is 0 Å². The van der Waals surface area contributed by atoms with Crippen LogP contribution >= 0.6 is 0 Å². The monoisotopic (exact) mass is 242 g/mol. The van der Waals surface area contributed by atoms with Crippen LogP contribution in [-0.4, -0.2) is 19.6 Å². The van der Waals surface area contributed by atoms with E-state index in [0.29, 0.717) is 5.41 Å². The van der Waals surface area contributed by atoms with Crippen molar-refractivity contribution in [3.8, 4) is 0 Å². The first-order valence-corrected chi connectivity index (χ1v) is 7.47. The van der Waals surface area contributed by atoms with E-state index in [1.807, 2.05) is 0 Å². The second-order valence-corrected chi connectivity index (χ2v) is 6.43. The maximum Gasteiger partial charge on any atom is 0.0375 e. The fourth-order valence-electron chi connectivity index (χ4n) is 4.05. The second-order valence-electron chi connectivity index (χ2n) is 6.43. The van der Waals surface area contributed by atoms with Crippen molar-refractivity contribution < 1.29 is 0 Å². The molecular weight excluding hydrogens is 220 g/mol. The minimum atomic E-state index is 0.690. The molecule has 2 heterocycles. The molecule has 2 nitrogen and oxygen atoms in total. The SMILES string of the molecule is c1cc2c(cc1N1CC3(CCCCC3)C1)CCN2. The van der Waals surface area contributed by atoms with E-state index < -0.39 is 0 Å². The van der Waals surface area contributed by atoms with Crippen LogP contribution in [0.1, 0.15) is 37.7 Å². The Balaban J connectivity index is 1.49. The largest absolute Gasteiger partial charge is 0.384 e. The van der Waals surface area contributed by atoms with Gasteiger partial charge in [0.2, 0.25) is 0 Å². The number of anilines is 2. The first-order valence-electron chi connectivity index (χ1n) is 7.47. The van der Waals surface area contributed by atoms with E-state index in [1.165, 1.54) is 68.6 Å². The maximum atomic E-state index is 3.44. The average Bonchev–Trinajstić information content (AvgIpc) is 2.84. The van der Waals surface area contributed by atoms with E-state index in [2.05, 4.69) is 28.4 Å². The summed E-state index contributed by atoms with van der Waals surface area (Å²) in [5, 5.41) is 3.44. The van der Waals surface area contributed by atoms with Crippen molar-refractivity contribution in [1.82, 2.24) is 0 Å². The highest BCUT2D eigenvalue weighted by Crippen LogP contribution is 2.45. The van der Waals surface area contributed by atoms with Gasteiger partial charge in [0.15, 0.2) is 0 Å². The highest BCUT2D eigenvalue weighted by atomic mass is 15.2. The summed E-state index contributed by atoms with van der Waals surface area (Å²) in [6.45, 7) is 3.72. The fourth-order valence-corrected chi connectivity index (χ4v) is 4.05. The molecule has 1 aromatic carbocycles. The summed E-state index contributed by atoms with van der Waals surface area (Å²) in [6.07, 6.45) is 8.52. The zero-order valence-corrected chi connectivity index (χ0v) is 11.0. The quantitative estimate of drug-likeness (QED) is 0.811. The Labute approximate surface area is 109 Å². The molecule has 0 atom stereocenters. The molecule has 96 valence electrons. The molecule has 2 aliphatic heterocycles. The van der Waals surface area contributed by atoms with Crippen LogP contribution in [0.15, 0.2) is 18.2 Å². The summed E-state index contributed by atoms with van der Waals surface area (Å²) in [5.41, 5.74) is 5.01. The van der Waals surface area contributed by atoms with E-state index >= 15 is 0 Å². The molecule has 1 aromatic rings. The lowest BCUT2D eigenvalue weighted by molar-refractivity contribution is 0.139. The van der Waals surface area contributed by atoms with Gasteiger partial charge in [-0.3, -0.25) is 0 Å². The van der Waals surface area contributed by atoms with Gasteiger partial charge in [0.05, 0.1) is 0 Å². The lowest BCUT2D eigenvalue weighted by Gasteiger charge is -2.53. The number of benzene rings is 1. The van der Waals surface area contributed by atoms with Gasteiger partial charge in [-0.05, 0) is 43.0 Å². The second kappa shape index (κ2) is 3.91.